The SMILES string of the molecule is COC(=O)c1sc(NC(=O)CSc2nnnn2-c2ccc(C)c(C)c2)nc1C. The van der Waals surface area contributed by atoms with Gasteiger partial charge < -0.3 is 10.1 Å². The number of nitrogens with zero attached hydrogens (tertiary/aromatic N) is 5. The van der Waals surface area contributed by atoms with Gasteiger partial charge in [0.25, 0.3) is 0 Å². The number of esters is 1. The first-order valence-corrected chi connectivity index (χ1v) is 10.0. The van der Waals surface area contributed by atoms with Crippen LogP contribution in [0.15, 0.2) is 23.4 Å². The van der Waals surface area contributed by atoms with Gasteiger partial charge in [0.05, 0.1) is 24.2 Å². The van der Waals surface area contributed by atoms with Gasteiger partial charge in [-0.3, -0.25) is 4.79 Å². The number of aryl methyl sites for hydroxylation is 3. The fourth-order valence-corrected chi connectivity index (χ4v) is 3.90. The Labute approximate surface area is 169 Å². The largest absolute Gasteiger partial charge is 0.465 e. The average molecular weight is 419 g/mol. The lowest BCUT2D eigenvalue weighted by Crippen LogP contribution is -2.14. The number of carbonyl (C=O) groups excluding carboxylic acids is 2. The third kappa shape index (κ3) is 4.37. The minimum Gasteiger partial charge on any atom is -0.465 e. The van der Waals surface area contributed by atoms with Crippen LogP contribution in [0.5, 0.6) is 0 Å². The maximum absolute atomic E-state index is 12.3. The van der Waals surface area contributed by atoms with E-state index in [4.69, 9.17) is 4.74 Å². The third-order valence-electron chi connectivity index (χ3n) is 3.92. The van der Waals surface area contributed by atoms with Crippen molar-refractivity contribution in [3.63, 3.8) is 0 Å². The molecule has 0 unspecified atom stereocenters. The summed E-state index contributed by atoms with van der Waals surface area (Å²) < 4.78 is 6.28. The smallest absolute Gasteiger partial charge is 0.350 e. The van der Waals surface area contributed by atoms with Crippen LogP contribution < -0.4 is 5.32 Å². The van der Waals surface area contributed by atoms with Gasteiger partial charge in [0.1, 0.15) is 4.88 Å². The molecule has 0 atom stereocenters. The number of anilines is 1. The maximum atomic E-state index is 12.3. The van der Waals surface area contributed by atoms with Crippen LogP contribution >= 0.6 is 23.1 Å². The van der Waals surface area contributed by atoms with Crippen LogP contribution in [-0.2, 0) is 9.53 Å². The van der Waals surface area contributed by atoms with E-state index in [-0.39, 0.29) is 11.7 Å². The lowest BCUT2D eigenvalue weighted by Gasteiger charge is -2.06. The van der Waals surface area contributed by atoms with Crippen molar-refractivity contribution < 1.29 is 14.3 Å². The summed E-state index contributed by atoms with van der Waals surface area (Å²) in [5.41, 5.74) is 3.64. The van der Waals surface area contributed by atoms with Crippen LogP contribution in [0.2, 0.25) is 0 Å². The zero-order valence-electron chi connectivity index (χ0n) is 15.7. The summed E-state index contributed by atoms with van der Waals surface area (Å²) >= 11 is 2.28. The van der Waals surface area contributed by atoms with Crippen molar-refractivity contribution in [2.45, 2.75) is 25.9 Å². The number of hydrogen-bond donors (Lipinski definition) is 1. The predicted octanol–water partition coefficient (Wildman–Crippen LogP) is 2.56. The molecule has 9 nitrogen and oxygen atoms in total. The highest BCUT2D eigenvalue weighted by Crippen LogP contribution is 2.24. The van der Waals surface area contributed by atoms with Crippen molar-refractivity contribution in [2.24, 2.45) is 0 Å². The van der Waals surface area contributed by atoms with E-state index in [1.54, 1.807) is 11.6 Å². The van der Waals surface area contributed by atoms with Crippen LogP contribution in [0.1, 0.15) is 26.5 Å². The van der Waals surface area contributed by atoms with Gasteiger partial charge in [0, 0.05) is 0 Å². The first kappa shape index (κ1) is 20.0. The van der Waals surface area contributed by atoms with Gasteiger partial charge in [-0.2, -0.15) is 4.68 Å². The van der Waals surface area contributed by atoms with Gasteiger partial charge in [-0.25, -0.2) is 9.78 Å². The molecule has 0 fully saturated rings. The number of rotatable bonds is 6. The molecule has 0 saturated heterocycles. The Morgan fingerprint density at radius 3 is 2.75 bits per heavy atom. The van der Waals surface area contributed by atoms with Crippen LogP contribution in [0.4, 0.5) is 5.13 Å². The molecule has 0 aliphatic rings. The highest BCUT2D eigenvalue weighted by atomic mass is 32.2. The number of nitrogens with one attached hydrogen (secondary N) is 1. The Bertz CT molecular complexity index is 1030. The van der Waals surface area contributed by atoms with E-state index in [9.17, 15) is 9.59 Å². The molecular weight excluding hydrogens is 400 g/mol. The van der Waals surface area contributed by atoms with Gasteiger partial charge in [-0.05, 0) is 54.5 Å². The molecule has 0 bridgehead atoms. The molecule has 1 N–H and O–H groups in total. The molecule has 0 aliphatic heterocycles. The Balaban J connectivity index is 1.65. The van der Waals surface area contributed by atoms with Crippen molar-refractivity contribution in [1.82, 2.24) is 25.2 Å². The highest BCUT2D eigenvalue weighted by Gasteiger charge is 2.18. The molecule has 2 heterocycles. The predicted molar refractivity (Wildman–Crippen MR) is 106 cm³/mol. The molecule has 28 heavy (non-hydrogen) atoms. The molecular formula is C17H18N6O3S2. The molecule has 0 aliphatic carbocycles. The first-order chi connectivity index (χ1) is 13.4. The second-order valence-corrected chi connectivity index (χ2v) is 7.85. The minimum atomic E-state index is -0.475. The standard InChI is InChI=1S/C17H18N6O3S2/c1-9-5-6-12(7-10(9)2)23-17(20-21-22-23)27-8-13(24)19-16-18-11(3)14(28-16)15(25)26-4/h5-7H,8H2,1-4H3,(H,18,19,24). The zero-order valence-corrected chi connectivity index (χ0v) is 17.3. The second kappa shape index (κ2) is 8.48. The van der Waals surface area contributed by atoms with Crippen molar-refractivity contribution in [3.8, 4) is 5.69 Å². The van der Waals surface area contributed by atoms with Crippen molar-refractivity contribution in [3.05, 3.63) is 39.9 Å². The molecule has 11 heteroatoms. The number of aromatic nitrogens is 5. The summed E-state index contributed by atoms with van der Waals surface area (Å²) in [6.07, 6.45) is 0. The number of amides is 1. The number of carbonyl (C=O) groups is 2. The fraction of sp³-hybridized carbons (Fsp3) is 0.294. The molecule has 146 valence electrons. The molecule has 2 aromatic heterocycles. The number of benzene rings is 1. The highest BCUT2D eigenvalue weighted by molar-refractivity contribution is 7.99. The van der Waals surface area contributed by atoms with E-state index in [0.29, 0.717) is 20.9 Å². The molecule has 3 rings (SSSR count). The number of methoxy groups -OCH3 is 1. The van der Waals surface area contributed by atoms with Gasteiger partial charge in [0.2, 0.25) is 11.1 Å². The van der Waals surface area contributed by atoms with Crippen LogP contribution in [0.3, 0.4) is 0 Å². The van der Waals surface area contributed by atoms with E-state index in [1.165, 1.54) is 24.4 Å². The van der Waals surface area contributed by atoms with E-state index in [1.807, 2.05) is 32.0 Å². The van der Waals surface area contributed by atoms with E-state index >= 15 is 0 Å². The fourth-order valence-electron chi connectivity index (χ4n) is 2.31. The topological polar surface area (TPSA) is 112 Å². The average Bonchev–Trinajstić information content (AvgIpc) is 3.28. The summed E-state index contributed by atoms with van der Waals surface area (Å²) in [6.45, 7) is 5.73. The molecule has 0 radical (unpaired) electrons. The zero-order chi connectivity index (χ0) is 20.3. The Hall–Kier alpha value is -2.79. The summed E-state index contributed by atoms with van der Waals surface area (Å²) in [4.78, 5) is 28.4. The quantitative estimate of drug-likeness (QED) is 0.480. The van der Waals surface area contributed by atoms with Gasteiger partial charge in [0.15, 0.2) is 5.13 Å². The van der Waals surface area contributed by atoms with E-state index in [0.717, 1.165) is 22.6 Å². The summed E-state index contributed by atoms with van der Waals surface area (Å²) in [6, 6.07) is 5.91. The van der Waals surface area contributed by atoms with E-state index < -0.39 is 5.97 Å². The molecule has 0 spiro atoms. The minimum absolute atomic E-state index is 0.0946. The Morgan fingerprint density at radius 1 is 1.25 bits per heavy atom. The molecule has 1 aromatic carbocycles. The van der Waals surface area contributed by atoms with Gasteiger partial charge in [-0.15, -0.1) is 5.10 Å². The Kier molecular flexibility index (Phi) is 6.05. The summed E-state index contributed by atoms with van der Waals surface area (Å²) in [5, 5.41) is 15.2. The summed E-state index contributed by atoms with van der Waals surface area (Å²) in [5.74, 6) is -0.653. The maximum Gasteiger partial charge on any atom is 0.350 e. The number of thioether (sulfide) groups is 1. The van der Waals surface area contributed by atoms with E-state index in [2.05, 4.69) is 25.8 Å². The monoisotopic (exact) mass is 418 g/mol. The number of thiazole rings is 1. The van der Waals surface area contributed by atoms with Crippen LogP contribution in [-0.4, -0.2) is 49.9 Å². The van der Waals surface area contributed by atoms with Gasteiger partial charge in [-0.1, -0.05) is 29.2 Å². The van der Waals surface area contributed by atoms with Crippen LogP contribution in [0, 0.1) is 20.8 Å². The molecule has 1 amide bonds. The van der Waals surface area contributed by atoms with Crippen molar-refractivity contribution in [2.75, 3.05) is 18.2 Å². The number of tetrazole rings is 1. The second-order valence-electron chi connectivity index (χ2n) is 5.90. The summed E-state index contributed by atoms with van der Waals surface area (Å²) in [7, 11) is 1.30. The first-order valence-electron chi connectivity index (χ1n) is 8.23. The number of hydrogen-bond acceptors (Lipinski definition) is 9. The molecule has 0 saturated carbocycles. The number of ether oxygens (including phenoxy) is 1. The lowest BCUT2D eigenvalue weighted by atomic mass is 10.1. The Morgan fingerprint density at radius 2 is 2.04 bits per heavy atom. The lowest BCUT2D eigenvalue weighted by molar-refractivity contribution is -0.113. The van der Waals surface area contributed by atoms with Crippen molar-refractivity contribution >= 4 is 40.1 Å². The normalized spacial score (nSPS) is 10.7. The van der Waals surface area contributed by atoms with Crippen molar-refractivity contribution in [1.29, 1.82) is 0 Å². The molecule has 3 aromatic rings. The third-order valence-corrected chi connectivity index (χ3v) is 5.89. The van der Waals surface area contributed by atoms with Crippen LogP contribution in [0.25, 0.3) is 5.69 Å². The van der Waals surface area contributed by atoms with Gasteiger partial charge >= 0.3 is 5.97 Å².